The summed E-state index contributed by atoms with van der Waals surface area (Å²) in [6, 6.07) is 0. The molecule has 25 heavy (non-hydrogen) atoms. The van der Waals surface area contributed by atoms with Crippen LogP contribution in [0.4, 0.5) is 0 Å². The van der Waals surface area contributed by atoms with Crippen molar-refractivity contribution in [2.45, 2.75) is 26.2 Å². The standard InChI is InChI=1S/C17H31N5O2.HI/c1-3-18-17(20-8-5-15-11-21-22(2)12-15)19-7-4-9-23-13-16-6-10-24-14-16;/h11-12,16H,3-10,13-14H2,1-2H3,(H2,18,19,20);1H. The van der Waals surface area contributed by atoms with Crippen LogP contribution < -0.4 is 10.6 Å². The van der Waals surface area contributed by atoms with Crippen LogP contribution in [0.15, 0.2) is 17.4 Å². The first-order valence-electron chi connectivity index (χ1n) is 8.93. The smallest absolute Gasteiger partial charge is 0.191 e. The van der Waals surface area contributed by atoms with Gasteiger partial charge in [0.25, 0.3) is 0 Å². The van der Waals surface area contributed by atoms with Crippen molar-refractivity contribution in [3.05, 3.63) is 18.0 Å². The van der Waals surface area contributed by atoms with E-state index in [1.807, 2.05) is 24.1 Å². The Bertz CT molecular complexity index is 489. The summed E-state index contributed by atoms with van der Waals surface area (Å²) in [6.07, 6.45) is 6.94. The zero-order chi connectivity index (χ0) is 17.0. The lowest BCUT2D eigenvalue weighted by Crippen LogP contribution is -2.38. The molecule has 0 saturated carbocycles. The molecule has 1 fully saturated rings. The number of rotatable bonds is 10. The average Bonchev–Trinajstić information content (AvgIpc) is 3.22. The maximum atomic E-state index is 5.70. The van der Waals surface area contributed by atoms with Crippen molar-refractivity contribution >= 4 is 29.9 Å². The van der Waals surface area contributed by atoms with Crippen LogP contribution >= 0.6 is 24.0 Å². The highest BCUT2D eigenvalue weighted by Gasteiger charge is 2.15. The molecule has 1 aliphatic rings. The molecule has 0 aliphatic carbocycles. The van der Waals surface area contributed by atoms with Crippen molar-refractivity contribution in [1.29, 1.82) is 0 Å². The van der Waals surface area contributed by atoms with Crippen LogP contribution in [0.25, 0.3) is 0 Å². The fourth-order valence-corrected chi connectivity index (χ4v) is 2.59. The van der Waals surface area contributed by atoms with Gasteiger partial charge in [-0.1, -0.05) is 0 Å². The van der Waals surface area contributed by atoms with Crippen LogP contribution in [0, 0.1) is 5.92 Å². The summed E-state index contributed by atoms with van der Waals surface area (Å²) in [5, 5.41) is 10.8. The van der Waals surface area contributed by atoms with Gasteiger partial charge in [-0.15, -0.1) is 24.0 Å². The molecule has 1 aliphatic heterocycles. The Balaban J connectivity index is 0.00000312. The molecule has 7 nitrogen and oxygen atoms in total. The van der Waals surface area contributed by atoms with Gasteiger partial charge in [-0.2, -0.15) is 5.10 Å². The molecule has 2 N–H and O–H groups in total. The van der Waals surface area contributed by atoms with Crippen molar-refractivity contribution in [2.24, 2.45) is 18.0 Å². The number of halogens is 1. The van der Waals surface area contributed by atoms with Gasteiger partial charge in [-0.3, -0.25) is 9.67 Å². The molecule has 8 heteroatoms. The molecular formula is C17H32IN5O2. The summed E-state index contributed by atoms with van der Waals surface area (Å²) in [6.45, 7) is 7.85. The molecule has 1 aromatic heterocycles. The number of aryl methyl sites for hydroxylation is 1. The molecule has 1 atom stereocenters. The lowest BCUT2D eigenvalue weighted by Gasteiger charge is -2.11. The predicted molar refractivity (Wildman–Crippen MR) is 111 cm³/mol. The molecular weight excluding hydrogens is 433 g/mol. The molecule has 1 saturated heterocycles. The van der Waals surface area contributed by atoms with Gasteiger partial charge in [0.05, 0.1) is 19.4 Å². The highest BCUT2D eigenvalue weighted by atomic mass is 127. The molecule has 2 rings (SSSR count). The minimum atomic E-state index is 0. The van der Waals surface area contributed by atoms with Crippen LogP contribution in [-0.2, 0) is 22.9 Å². The van der Waals surface area contributed by atoms with E-state index in [4.69, 9.17) is 9.47 Å². The van der Waals surface area contributed by atoms with Crippen molar-refractivity contribution in [2.75, 3.05) is 46.1 Å². The molecule has 0 spiro atoms. The van der Waals surface area contributed by atoms with E-state index in [9.17, 15) is 0 Å². The summed E-state index contributed by atoms with van der Waals surface area (Å²) in [7, 11) is 1.93. The first-order valence-corrected chi connectivity index (χ1v) is 8.93. The molecule has 0 aromatic carbocycles. The van der Waals surface area contributed by atoms with Crippen molar-refractivity contribution in [1.82, 2.24) is 20.4 Å². The highest BCUT2D eigenvalue weighted by molar-refractivity contribution is 14.0. The number of nitrogens with zero attached hydrogens (tertiary/aromatic N) is 3. The Morgan fingerprint density at radius 1 is 1.48 bits per heavy atom. The third-order valence-corrected chi connectivity index (χ3v) is 3.90. The predicted octanol–water partition coefficient (Wildman–Crippen LogP) is 1.58. The fourth-order valence-electron chi connectivity index (χ4n) is 2.59. The SMILES string of the molecule is CCNC(=NCCCOCC1CCOC1)NCCc1cnn(C)c1.I. The van der Waals surface area contributed by atoms with E-state index >= 15 is 0 Å². The quantitative estimate of drug-likeness (QED) is 0.238. The maximum Gasteiger partial charge on any atom is 0.191 e. The molecule has 0 radical (unpaired) electrons. The van der Waals surface area contributed by atoms with E-state index in [-0.39, 0.29) is 24.0 Å². The second-order valence-electron chi connectivity index (χ2n) is 6.12. The topological polar surface area (TPSA) is 72.7 Å². The molecule has 0 amide bonds. The van der Waals surface area contributed by atoms with Gasteiger partial charge in [0.2, 0.25) is 0 Å². The van der Waals surface area contributed by atoms with E-state index in [2.05, 4.69) is 27.6 Å². The molecule has 144 valence electrons. The van der Waals surface area contributed by atoms with Gasteiger partial charge in [0.15, 0.2) is 5.96 Å². The molecule has 0 bridgehead atoms. The summed E-state index contributed by atoms with van der Waals surface area (Å²) in [4.78, 5) is 4.59. The fraction of sp³-hybridized carbons (Fsp3) is 0.765. The van der Waals surface area contributed by atoms with E-state index < -0.39 is 0 Å². The van der Waals surface area contributed by atoms with Crippen molar-refractivity contribution < 1.29 is 9.47 Å². The third kappa shape index (κ3) is 9.41. The summed E-state index contributed by atoms with van der Waals surface area (Å²) in [5.41, 5.74) is 1.23. The summed E-state index contributed by atoms with van der Waals surface area (Å²) >= 11 is 0. The largest absolute Gasteiger partial charge is 0.381 e. The van der Waals surface area contributed by atoms with E-state index in [0.29, 0.717) is 5.92 Å². The Labute approximate surface area is 168 Å². The summed E-state index contributed by atoms with van der Waals surface area (Å²) in [5.74, 6) is 1.45. The molecule has 2 heterocycles. The van der Waals surface area contributed by atoms with E-state index in [0.717, 1.165) is 71.3 Å². The number of hydrogen-bond acceptors (Lipinski definition) is 4. The normalized spacial score (nSPS) is 17.4. The lowest BCUT2D eigenvalue weighted by atomic mass is 10.1. The summed E-state index contributed by atoms with van der Waals surface area (Å²) < 4.78 is 12.9. The highest BCUT2D eigenvalue weighted by Crippen LogP contribution is 2.12. The first-order chi connectivity index (χ1) is 11.8. The average molecular weight is 465 g/mol. The van der Waals surface area contributed by atoms with Gasteiger partial charge in [-0.25, -0.2) is 0 Å². The Kier molecular flexibility index (Phi) is 11.8. The zero-order valence-corrected chi connectivity index (χ0v) is 17.7. The second kappa shape index (κ2) is 13.3. The van der Waals surface area contributed by atoms with Crippen LogP contribution in [-0.4, -0.2) is 61.8 Å². The Hall–Kier alpha value is -0.870. The Morgan fingerprint density at radius 2 is 2.36 bits per heavy atom. The number of ether oxygens (including phenoxy) is 2. The van der Waals surface area contributed by atoms with Crippen molar-refractivity contribution in [3.8, 4) is 0 Å². The first kappa shape index (κ1) is 22.2. The monoisotopic (exact) mass is 465 g/mol. The van der Waals surface area contributed by atoms with E-state index in [1.54, 1.807) is 0 Å². The van der Waals surface area contributed by atoms with Crippen LogP contribution in [0.3, 0.4) is 0 Å². The van der Waals surface area contributed by atoms with Gasteiger partial charge >= 0.3 is 0 Å². The number of nitrogens with one attached hydrogen (secondary N) is 2. The van der Waals surface area contributed by atoms with Crippen LogP contribution in [0.2, 0.25) is 0 Å². The van der Waals surface area contributed by atoms with Crippen LogP contribution in [0.1, 0.15) is 25.3 Å². The number of aromatic nitrogens is 2. The van der Waals surface area contributed by atoms with Gasteiger partial charge in [-0.05, 0) is 31.7 Å². The van der Waals surface area contributed by atoms with Crippen molar-refractivity contribution in [3.63, 3.8) is 0 Å². The minimum absolute atomic E-state index is 0. The third-order valence-electron chi connectivity index (χ3n) is 3.90. The van der Waals surface area contributed by atoms with Crippen LogP contribution in [0.5, 0.6) is 0 Å². The number of guanidine groups is 1. The minimum Gasteiger partial charge on any atom is -0.381 e. The second-order valence-corrected chi connectivity index (χ2v) is 6.12. The van der Waals surface area contributed by atoms with Gasteiger partial charge in [0, 0.05) is 52.0 Å². The molecule has 1 aromatic rings. The lowest BCUT2D eigenvalue weighted by molar-refractivity contribution is 0.0893. The zero-order valence-electron chi connectivity index (χ0n) is 15.4. The molecule has 1 unspecified atom stereocenters. The Morgan fingerprint density at radius 3 is 3.04 bits per heavy atom. The number of aliphatic imine (C=N–C) groups is 1. The van der Waals surface area contributed by atoms with Gasteiger partial charge in [0.1, 0.15) is 0 Å². The number of hydrogen-bond donors (Lipinski definition) is 2. The van der Waals surface area contributed by atoms with Gasteiger partial charge < -0.3 is 20.1 Å². The van der Waals surface area contributed by atoms with E-state index in [1.165, 1.54) is 5.56 Å². The maximum absolute atomic E-state index is 5.70.